The number of nitrogens with zero attached hydrogens (tertiary/aromatic N) is 2. The van der Waals surface area contributed by atoms with E-state index in [1.54, 1.807) is 0 Å². The lowest BCUT2D eigenvalue weighted by Crippen LogP contribution is -2.31. The summed E-state index contributed by atoms with van der Waals surface area (Å²) in [6.45, 7) is 2.83. The lowest BCUT2D eigenvalue weighted by molar-refractivity contribution is 0.479. The lowest BCUT2D eigenvalue weighted by atomic mass is 10.2. The van der Waals surface area contributed by atoms with Gasteiger partial charge in [0.25, 0.3) is 0 Å². The van der Waals surface area contributed by atoms with Crippen molar-refractivity contribution in [1.29, 1.82) is 5.26 Å². The van der Waals surface area contributed by atoms with E-state index in [2.05, 4.69) is 6.07 Å². The Hall–Kier alpha value is -0.400. The van der Waals surface area contributed by atoms with Gasteiger partial charge in [0.15, 0.2) is 0 Å². The summed E-state index contributed by atoms with van der Waals surface area (Å²) in [5.41, 5.74) is 0. The summed E-state index contributed by atoms with van der Waals surface area (Å²) in [4.78, 5) is 0. The molecule has 68 valence electrons. The van der Waals surface area contributed by atoms with Crippen molar-refractivity contribution in [2.45, 2.75) is 32.2 Å². The Morgan fingerprint density at radius 2 is 2.50 bits per heavy atom. The molecular formula is C8H14N2OS. The molecule has 1 saturated heterocycles. The zero-order valence-electron chi connectivity index (χ0n) is 7.32. The van der Waals surface area contributed by atoms with Gasteiger partial charge in [-0.1, -0.05) is 6.92 Å². The molecule has 1 heterocycles. The number of hydrogen-bond acceptors (Lipinski definition) is 2. The minimum atomic E-state index is -0.914. The van der Waals surface area contributed by atoms with Crippen molar-refractivity contribution in [2.75, 3.05) is 12.3 Å². The van der Waals surface area contributed by atoms with E-state index < -0.39 is 11.0 Å². The quantitative estimate of drug-likeness (QED) is 0.661. The van der Waals surface area contributed by atoms with Crippen molar-refractivity contribution in [2.24, 2.45) is 0 Å². The van der Waals surface area contributed by atoms with E-state index in [0.29, 0.717) is 5.75 Å². The zero-order valence-corrected chi connectivity index (χ0v) is 8.14. The van der Waals surface area contributed by atoms with Crippen LogP contribution in [0, 0.1) is 11.3 Å². The maximum absolute atomic E-state index is 11.5. The molecule has 0 amide bonds. The summed E-state index contributed by atoms with van der Waals surface area (Å²) in [6.07, 6.45) is 2.81. The smallest absolute Gasteiger partial charge is 0.109 e. The van der Waals surface area contributed by atoms with E-state index in [1.807, 2.05) is 11.2 Å². The van der Waals surface area contributed by atoms with Crippen molar-refractivity contribution in [1.82, 2.24) is 4.31 Å². The molecule has 0 aromatic carbocycles. The highest BCUT2D eigenvalue weighted by Crippen LogP contribution is 2.18. The first-order valence-corrected chi connectivity index (χ1v) is 5.62. The summed E-state index contributed by atoms with van der Waals surface area (Å²) < 4.78 is 13.3. The molecule has 0 aromatic heterocycles. The van der Waals surface area contributed by atoms with Crippen LogP contribution in [0.5, 0.6) is 0 Å². The predicted molar refractivity (Wildman–Crippen MR) is 48.6 cm³/mol. The van der Waals surface area contributed by atoms with Gasteiger partial charge in [-0.25, -0.2) is 8.51 Å². The van der Waals surface area contributed by atoms with Crippen LogP contribution in [-0.4, -0.2) is 26.9 Å². The first-order valence-electron chi connectivity index (χ1n) is 4.34. The predicted octanol–water partition coefficient (Wildman–Crippen LogP) is 1.05. The van der Waals surface area contributed by atoms with Crippen LogP contribution in [0.15, 0.2) is 0 Å². The molecule has 12 heavy (non-hydrogen) atoms. The SMILES string of the molecule is CCCS(=O)N1CCCC1C#N. The molecule has 0 spiro atoms. The highest BCUT2D eigenvalue weighted by molar-refractivity contribution is 7.82. The fourth-order valence-corrected chi connectivity index (χ4v) is 2.76. The Bertz CT molecular complexity index is 212. The molecule has 0 saturated carbocycles. The fourth-order valence-electron chi connectivity index (χ4n) is 1.40. The molecule has 1 aliphatic rings. The molecule has 4 heteroatoms. The second kappa shape index (κ2) is 4.58. The molecule has 1 rings (SSSR count). The van der Waals surface area contributed by atoms with E-state index in [9.17, 15) is 4.21 Å². The van der Waals surface area contributed by atoms with Crippen molar-refractivity contribution in [3.63, 3.8) is 0 Å². The standard InChI is InChI=1S/C8H14N2OS/c1-2-6-12(11)10-5-3-4-8(10)7-9/h8H,2-6H2,1H3. The van der Waals surface area contributed by atoms with Gasteiger partial charge in [0, 0.05) is 12.3 Å². The van der Waals surface area contributed by atoms with Gasteiger partial charge in [-0.3, -0.25) is 0 Å². The Kier molecular flexibility index (Phi) is 3.70. The van der Waals surface area contributed by atoms with Crippen LogP contribution in [0.25, 0.3) is 0 Å². The second-order valence-electron chi connectivity index (χ2n) is 2.95. The molecule has 1 fully saturated rings. The maximum Gasteiger partial charge on any atom is 0.109 e. The molecule has 2 atom stereocenters. The minimum Gasteiger partial charge on any atom is -0.243 e. The highest BCUT2D eigenvalue weighted by atomic mass is 32.2. The third-order valence-corrected chi connectivity index (χ3v) is 3.71. The van der Waals surface area contributed by atoms with Gasteiger partial charge in [-0.15, -0.1) is 0 Å². The first-order chi connectivity index (χ1) is 5.79. The van der Waals surface area contributed by atoms with Gasteiger partial charge in [0.1, 0.15) is 6.04 Å². The van der Waals surface area contributed by atoms with Crippen molar-refractivity contribution < 1.29 is 4.21 Å². The monoisotopic (exact) mass is 186 g/mol. The number of nitriles is 1. The van der Waals surface area contributed by atoms with Gasteiger partial charge >= 0.3 is 0 Å². The van der Waals surface area contributed by atoms with Gasteiger partial charge in [-0.2, -0.15) is 5.26 Å². The fraction of sp³-hybridized carbons (Fsp3) is 0.875. The van der Waals surface area contributed by atoms with Crippen LogP contribution in [0.2, 0.25) is 0 Å². The maximum atomic E-state index is 11.5. The van der Waals surface area contributed by atoms with Crippen LogP contribution in [-0.2, 0) is 11.0 Å². The van der Waals surface area contributed by atoms with E-state index in [0.717, 1.165) is 25.8 Å². The summed E-state index contributed by atoms with van der Waals surface area (Å²) in [7, 11) is -0.914. The lowest BCUT2D eigenvalue weighted by Gasteiger charge is -2.16. The van der Waals surface area contributed by atoms with E-state index in [-0.39, 0.29) is 6.04 Å². The normalized spacial score (nSPS) is 26.8. The molecular weight excluding hydrogens is 172 g/mol. The number of hydrogen-bond donors (Lipinski definition) is 0. The van der Waals surface area contributed by atoms with E-state index >= 15 is 0 Å². The van der Waals surface area contributed by atoms with Crippen LogP contribution in [0.3, 0.4) is 0 Å². The van der Waals surface area contributed by atoms with Crippen LogP contribution in [0.4, 0.5) is 0 Å². The van der Waals surface area contributed by atoms with Crippen molar-refractivity contribution >= 4 is 11.0 Å². The van der Waals surface area contributed by atoms with E-state index in [1.165, 1.54) is 0 Å². The average molecular weight is 186 g/mol. The summed E-state index contributed by atoms with van der Waals surface area (Å²) in [5, 5.41) is 8.73. The second-order valence-corrected chi connectivity index (χ2v) is 4.47. The van der Waals surface area contributed by atoms with Gasteiger partial charge < -0.3 is 0 Å². The van der Waals surface area contributed by atoms with Crippen LogP contribution < -0.4 is 0 Å². The van der Waals surface area contributed by atoms with Crippen LogP contribution >= 0.6 is 0 Å². The van der Waals surface area contributed by atoms with Crippen LogP contribution in [0.1, 0.15) is 26.2 Å². The summed E-state index contributed by atoms with van der Waals surface area (Å²) in [5.74, 6) is 0.693. The third kappa shape index (κ3) is 2.05. The Balaban J connectivity index is 2.51. The van der Waals surface area contributed by atoms with Gasteiger partial charge in [-0.05, 0) is 19.3 Å². The topological polar surface area (TPSA) is 44.1 Å². The molecule has 0 bridgehead atoms. The Morgan fingerprint density at radius 1 is 1.75 bits per heavy atom. The Morgan fingerprint density at radius 3 is 3.08 bits per heavy atom. The molecule has 0 radical (unpaired) electrons. The third-order valence-electron chi connectivity index (χ3n) is 1.99. The molecule has 0 aromatic rings. The summed E-state index contributed by atoms with van der Waals surface area (Å²) >= 11 is 0. The molecule has 2 unspecified atom stereocenters. The highest BCUT2D eigenvalue weighted by Gasteiger charge is 2.27. The largest absolute Gasteiger partial charge is 0.243 e. The van der Waals surface area contributed by atoms with Crippen molar-refractivity contribution in [3.05, 3.63) is 0 Å². The minimum absolute atomic E-state index is 0.0996. The van der Waals surface area contributed by atoms with Gasteiger partial charge in [0.05, 0.1) is 17.1 Å². The zero-order chi connectivity index (χ0) is 8.97. The number of rotatable bonds is 3. The molecule has 1 aliphatic heterocycles. The molecule has 3 nitrogen and oxygen atoms in total. The van der Waals surface area contributed by atoms with Gasteiger partial charge in [0.2, 0.25) is 0 Å². The summed E-state index contributed by atoms with van der Waals surface area (Å²) in [6, 6.07) is 2.09. The van der Waals surface area contributed by atoms with E-state index in [4.69, 9.17) is 5.26 Å². The molecule has 0 aliphatic carbocycles. The van der Waals surface area contributed by atoms with Crippen molar-refractivity contribution in [3.8, 4) is 6.07 Å². The Labute approximate surface area is 76.0 Å². The average Bonchev–Trinajstić information content (AvgIpc) is 2.51. The first kappa shape index (κ1) is 9.69. The molecule has 0 N–H and O–H groups in total.